The molecule has 5 heterocycles. The van der Waals surface area contributed by atoms with Crippen LogP contribution in [-0.2, 0) is 25.4 Å². The van der Waals surface area contributed by atoms with Crippen molar-refractivity contribution in [2.75, 3.05) is 37.7 Å². The molecule has 0 saturated carbocycles. The van der Waals surface area contributed by atoms with Gasteiger partial charge in [0.25, 0.3) is 6.47 Å². The molecular formula is C26H38N10O9. The van der Waals surface area contributed by atoms with Crippen LogP contribution in [0.15, 0.2) is 23.6 Å². The predicted molar refractivity (Wildman–Crippen MR) is 155 cm³/mol. The highest BCUT2D eigenvalue weighted by Crippen LogP contribution is 2.33. The standard InChI is InChI=1S/C26H38N10O9/c27-17(43-12-38)3-5-34(4-1-2-13-7-35(26(42)33-22(13)28)18-6-14(39)16(9-37)44-18)8-15-20(40)21(41)25(45-15)36-11-32-19-23(29)30-10-31-24(19)36/h7,10-12,14-18,20-21,25,37,39-41H,1-6,8-9,27H2,(H2,28,33,42)(H2,29,30,31)/t14-,15+,16+,17+,18+,20+,21+,25+/m0/s1. The van der Waals surface area contributed by atoms with Crippen molar-refractivity contribution >= 4 is 29.3 Å². The number of aromatic nitrogens is 6. The van der Waals surface area contributed by atoms with Gasteiger partial charge in [-0.05, 0) is 19.4 Å². The monoisotopic (exact) mass is 634 g/mol. The lowest BCUT2D eigenvalue weighted by atomic mass is 10.1. The average molecular weight is 635 g/mol. The van der Waals surface area contributed by atoms with E-state index in [1.165, 1.54) is 28.0 Å². The molecule has 0 amide bonds. The summed E-state index contributed by atoms with van der Waals surface area (Å²) in [6.45, 7) is 0.840. The first-order valence-corrected chi connectivity index (χ1v) is 14.4. The molecule has 0 bridgehead atoms. The molecule has 3 aromatic heterocycles. The van der Waals surface area contributed by atoms with E-state index in [4.69, 9.17) is 31.4 Å². The zero-order valence-corrected chi connectivity index (χ0v) is 24.3. The summed E-state index contributed by atoms with van der Waals surface area (Å²) in [5.74, 6) is 0.219. The Morgan fingerprint density at radius 3 is 2.62 bits per heavy atom. The van der Waals surface area contributed by atoms with E-state index >= 15 is 0 Å². The van der Waals surface area contributed by atoms with E-state index in [9.17, 15) is 30.0 Å². The highest BCUT2D eigenvalue weighted by atomic mass is 16.6. The smallest absolute Gasteiger partial charge is 0.351 e. The Bertz CT molecular complexity index is 1520. The fourth-order valence-electron chi connectivity index (χ4n) is 5.63. The van der Waals surface area contributed by atoms with Crippen molar-refractivity contribution in [1.82, 2.24) is 34.0 Å². The zero-order valence-electron chi connectivity index (χ0n) is 24.3. The minimum absolute atomic E-state index is 0.0546. The molecule has 10 N–H and O–H groups in total. The summed E-state index contributed by atoms with van der Waals surface area (Å²) in [5, 5.41) is 41.3. The van der Waals surface area contributed by atoms with Gasteiger partial charge in [0.05, 0.1) is 19.0 Å². The Hall–Kier alpha value is -3.82. The number of aryl methyl sites for hydroxylation is 1. The largest absolute Gasteiger partial charge is 0.449 e. The Labute approximate surface area is 256 Å². The molecule has 2 aliphatic heterocycles. The summed E-state index contributed by atoms with van der Waals surface area (Å²) in [4.78, 5) is 41.4. The number of aliphatic hydroxyl groups is 4. The molecule has 5 rings (SSSR count). The quantitative estimate of drug-likeness (QED) is 0.0671. The van der Waals surface area contributed by atoms with Crippen LogP contribution in [0, 0.1) is 0 Å². The van der Waals surface area contributed by atoms with Gasteiger partial charge in [-0.2, -0.15) is 4.98 Å². The molecule has 2 saturated heterocycles. The van der Waals surface area contributed by atoms with Gasteiger partial charge in [0, 0.05) is 37.7 Å². The first-order chi connectivity index (χ1) is 21.6. The Morgan fingerprint density at radius 2 is 1.89 bits per heavy atom. The lowest BCUT2D eigenvalue weighted by molar-refractivity contribution is -0.133. The Kier molecular flexibility index (Phi) is 10.2. The maximum absolute atomic E-state index is 12.5. The van der Waals surface area contributed by atoms with E-state index in [1.54, 1.807) is 0 Å². The van der Waals surface area contributed by atoms with Crippen molar-refractivity contribution in [2.45, 2.75) is 74.9 Å². The Morgan fingerprint density at radius 1 is 1.09 bits per heavy atom. The van der Waals surface area contributed by atoms with Crippen LogP contribution in [-0.4, -0.2) is 124 Å². The molecule has 2 fully saturated rings. The SMILES string of the molecule is Nc1nc(=O)n([C@H]2C[C@H](O)[C@@H](CO)O2)cc1CCCN(CC[C@H](N)OC=O)C[C@H]1O[C@@H](n2cnc3c(N)ncnc32)[C@H](O)[C@@H]1O. The topological polar surface area (TPSA) is 285 Å². The lowest BCUT2D eigenvalue weighted by Gasteiger charge is -2.27. The summed E-state index contributed by atoms with van der Waals surface area (Å²) < 4.78 is 19.3. The number of ether oxygens (including phenoxy) is 3. The highest BCUT2D eigenvalue weighted by molar-refractivity contribution is 5.81. The van der Waals surface area contributed by atoms with Gasteiger partial charge in [0.1, 0.15) is 48.3 Å². The summed E-state index contributed by atoms with van der Waals surface area (Å²) >= 11 is 0. The minimum atomic E-state index is -1.31. The molecule has 8 atom stereocenters. The van der Waals surface area contributed by atoms with Crippen LogP contribution in [0.1, 0.15) is 37.3 Å². The van der Waals surface area contributed by atoms with Gasteiger partial charge in [-0.15, -0.1) is 0 Å². The van der Waals surface area contributed by atoms with Gasteiger partial charge >= 0.3 is 5.69 Å². The third-order valence-corrected chi connectivity index (χ3v) is 8.07. The molecule has 246 valence electrons. The molecule has 0 aliphatic carbocycles. The summed E-state index contributed by atoms with van der Waals surface area (Å²) in [7, 11) is 0. The van der Waals surface area contributed by atoms with Gasteiger partial charge in [-0.1, -0.05) is 0 Å². The molecule has 45 heavy (non-hydrogen) atoms. The first-order valence-electron chi connectivity index (χ1n) is 14.4. The second-order valence-electron chi connectivity index (χ2n) is 11.0. The van der Waals surface area contributed by atoms with Crippen LogP contribution in [0.25, 0.3) is 11.2 Å². The molecule has 0 radical (unpaired) electrons. The van der Waals surface area contributed by atoms with Crippen LogP contribution in [0.4, 0.5) is 11.6 Å². The molecule has 2 aliphatic rings. The van der Waals surface area contributed by atoms with Gasteiger partial charge < -0.3 is 51.0 Å². The second kappa shape index (κ2) is 14.1. The normalized spacial score (nSPS) is 27.4. The van der Waals surface area contributed by atoms with Crippen molar-refractivity contribution in [3.8, 4) is 0 Å². The number of carbonyl (C=O) groups is 1. The number of rotatable bonds is 14. The van der Waals surface area contributed by atoms with Crippen LogP contribution < -0.4 is 22.9 Å². The van der Waals surface area contributed by atoms with Crippen molar-refractivity contribution < 1.29 is 39.4 Å². The number of anilines is 2. The van der Waals surface area contributed by atoms with E-state index in [0.29, 0.717) is 42.7 Å². The summed E-state index contributed by atoms with van der Waals surface area (Å²) in [6.07, 6.45) is -2.29. The lowest BCUT2D eigenvalue weighted by Crippen LogP contribution is -2.42. The number of nitrogens with two attached hydrogens (primary N) is 3. The fourth-order valence-corrected chi connectivity index (χ4v) is 5.63. The van der Waals surface area contributed by atoms with Gasteiger partial charge in [-0.25, -0.2) is 19.7 Å². The molecular weight excluding hydrogens is 596 g/mol. The maximum Gasteiger partial charge on any atom is 0.351 e. The van der Waals surface area contributed by atoms with Crippen LogP contribution >= 0.6 is 0 Å². The third kappa shape index (κ3) is 7.05. The van der Waals surface area contributed by atoms with E-state index < -0.39 is 61.5 Å². The zero-order chi connectivity index (χ0) is 32.2. The van der Waals surface area contributed by atoms with Crippen molar-refractivity contribution in [2.24, 2.45) is 5.73 Å². The summed E-state index contributed by atoms with van der Waals surface area (Å²) in [5.41, 5.74) is 18.4. The van der Waals surface area contributed by atoms with Crippen LogP contribution in [0.3, 0.4) is 0 Å². The highest BCUT2D eigenvalue weighted by Gasteiger charge is 2.45. The number of hydrogen-bond acceptors (Lipinski definition) is 17. The molecule has 19 heteroatoms. The minimum Gasteiger partial charge on any atom is -0.449 e. The molecule has 0 aromatic carbocycles. The molecule has 19 nitrogen and oxygen atoms in total. The number of fused-ring (bicyclic) bond motifs is 1. The molecule has 0 unspecified atom stereocenters. The number of carbonyl (C=O) groups excluding carboxylic acids is 1. The van der Waals surface area contributed by atoms with E-state index in [2.05, 4.69) is 19.9 Å². The third-order valence-electron chi connectivity index (χ3n) is 8.07. The van der Waals surface area contributed by atoms with Gasteiger partial charge in [0.2, 0.25) is 0 Å². The van der Waals surface area contributed by atoms with E-state index in [-0.39, 0.29) is 37.5 Å². The van der Waals surface area contributed by atoms with Gasteiger partial charge in [-0.3, -0.25) is 19.7 Å². The van der Waals surface area contributed by atoms with E-state index in [0.717, 1.165) is 0 Å². The number of aliphatic hydroxyl groups excluding tert-OH is 4. The molecule has 0 spiro atoms. The fraction of sp³-hybridized carbons (Fsp3) is 0.615. The number of nitrogen functional groups attached to an aromatic ring is 2. The van der Waals surface area contributed by atoms with Crippen molar-refractivity contribution in [3.63, 3.8) is 0 Å². The van der Waals surface area contributed by atoms with Crippen molar-refractivity contribution in [1.29, 1.82) is 0 Å². The average Bonchev–Trinajstić information content (AvgIpc) is 3.69. The predicted octanol–water partition coefficient (Wildman–Crippen LogP) is -3.41. The number of hydrogen-bond donors (Lipinski definition) is 7. The maximum atomic E-state index is 12.5. The molecule has 3 aromatic rings. The summed E-state index contributed by atoms with van der Waals surface area (Å²) in [6, 6.07) is 0. The van der Waals surface area contributed by atoms with Crippen LogP contribution in [0.2, 0.25) is 0 Å². The van der Waals surface area contributed by atoms with Gasteiger partial charge in [0.15, 0.2) is 23.9 Å². The Balaban J connectivity index is 1.27. The van der Waals surface area contributed by atoms with E-state index in [1.807, 2.05) is 4.90 Å². The second-order valence-corrected chi connectivity index (χ2v) is 11.0. The first kappa shape index (κ1) is 32.6. The number of imidazole rings is 1. The number of nitrogens with zero attached hydrogens (tertiary/aromatic N) is 7. The van der Waals surface area contributed by atoms with Crippen LogP contribution in [0.5, 0.6) is 0 Å². The van der Waals surface area contributed by atoms with Crippen molar-refractivity contribution in [3.05, 3.63) is 34.9 Å².